The quantitative estimate of drug-likeness (QED) is 0.807. The third-order valence-corrected chi connectivity index (χ3v) is 3.87. The minimum atomic E-state index is -0.0200. The van der Waals surface area contributed by atoms with Crippen molar-refractivity contribution in [3.05, 3.63) is 16.3 Å². The van der Waals surface area contributed by atoms with Crippen LogP contribution in [0, 0.1) is 5.92 Å². The lowest BCUT2D eigenvalue weighted by atomic mass is 10.0. The topological polar surface area (TPSA) is 44.4 Å². The Bertz CT molecular complexity index is 401. The predicted molar refractivity (Wildman–Crippen MR) is 82.6 cm³/mol. The molecule has 1 amide bonds. The number of anilines is 1. The van der Waals surface area contributed by atoms with Gasteiger partial charge < -0.3 is 15.5 Å². The van der Waals surface area contributed by atoms with E-state index in [-0.39, 0.29) is 5.91 Å². The third-order valence-electron chi connectivity index (χ3n) is 2.95. The molecule has 0 aliphatic rings. The Morgan fingerprint density at radius 2 is 2.11 bits per heavy atom. The van der Waals surface area contributed by atoms with Crippen molar-refractivity contribution >= 4 is 22.9 Å². The van der Waals surface area contributed by atoms with E-state index < -0.39 is 0 Å². The van der Waals surface area contributed by atoms with E-state index in [9.17, 15) is 4.79 Å². The average Bonchev–Trinajstić information content (AvgIpc) is 2.70. The maximum absolute atomic E-state index is 11.1. The summed E-state index contributed by atoms with van der Waals surface area (Å²) in [6, 6.07) is 2.40. The Balaban J connectivity index is 2.59. The number of thiophene rings is 1. The number of hydrogen-bond donors (Lipinski definition) is 2. The predicted octanol–water partition coefficient (Wildman–Crippen LogP) is 2.38. The van der Waals surface area contributed by atoms with Crippen LogP contribution in [0.1, 0.15) is 25.6 Å². The Labute approximate surface area is 120 Å². The van der Waals surface area contributed by atoms with Gasteiger partial charge >= 0.3 is 0 Å². The summed E-state index contributed by atoms with van der Waals surface area (Å²) in [4.78, 5) is 14.5. The van der Waals surface area contributed by atoms with Gasteiger partial charge in [-0.2, -0.15) is 0 Å². The van der Waals surface area contributed by atoms with Crippen LogP contribution in [0.2, 0.25) is 0 Å². The second-order valence-electron chi connectivity index (χ2n) is 5.43. The molecule has 1 aromatic rings. The van der Waals surface area contributed by atoms with E-state index in [1.54, 1.807) is 11.3 Å². The Morgan fingerprint density at radius 3 is 2.63 bits per heavy atom. The summed E-state index contributed by atoms with van der Waals surface area (Å²) in [5, 5.41) is 8.46. The van der Waals surface area contributed by atoms with Crippen LogP contribution in [0.15, 0.2) is 11.4 Å². The van der Waals surface area contributed by atoms with Gasteiger partial charge in [-0.25, -0.2) is 0 Å². The van der Waals surface area contributed by atoms with E-state index in [4.69, 9.17) is 0 Å². The van der Waals surface area contributed by atoms with Crippen LogP contribution < -0.4 is 10.6 Å². The Morgan fingerprint density at radius 1 is 1.42 bits per heavy atom. The first-order valence-electron chi connectivity index (χ1n) is 6.62. The van der Waals surface area contributed by atoms with Crippen LogP contribution in [0.3, 0.4) is 0 Å². The van der Waals surface area contributed by atoms with E-state index in [2.05, 4.69) is 43.5 Å². The SMILES string of the molecule is CC(=O)Nc1ccsc1CNC(CN(C)C)C(C)C. The van der Waals surface area contributed by atoms with Gasteiger partial charge in [0.15, 0.2) is 0 Å². The standard InChI is InChI=1S/C14H25N3OS/c1-10(2)13(9-17(4)5)15-8-14-12(6-7-19-14)16-11(3)18/h6-7,10,13,15H,8-9H2,1-5H3,(H,16,18). The number of likely N-dealkylation sites (N-methyl/N-ethyl adjacent to an activating group) is 1. The van der Waals surface area contributed by atoms with E-state index >= 15 is 0 Å². The lowest BCUT2D eigenvalue weighted by Crippen LogP contribution is -2.41. The fraction of sp³-hybridized carbons (Fsp3) is 0.643. The van der Waals surface area contributed by atoms with Crippen molar-refractivity contribution in [2.45, 2.75) is 33.4 Å². The van der Waals surface area contributed by atoms with E-state index in [1.807, 2.05) is 11.4 Å². The van der Waals surface area contributed by atoms with Gasteiger partial charge in [0, 0.05) is 30.9 Å². The first-order chi connectivity index (χ1) is 8.90. The molecule has 0 aromatic carbocycles. The van der Waals surface area contributed by atoms with E-state index in [0.29, 0.717) is 12.0 Å². The van der Waals surface area contributed by atoms with Gasteiger partial charge in [0.2, 0.25) is 5.91 Å². The molecule has 1 rings (SSSR count). The number of hydrogen-bond acceptors (Lipinski definition) is 4. The number of carbonyl (C=O) groups excluding carboxylic acids is 1. The second kappa shape index (κ2) is 7.62. The highest BCUT2D eigenvalue weighted by molar-refractivity contribution is 7.10. The molecule has 0 bridgehead atoms. The molecule has 0 aliphatic carbocycles. The maximum Gasteiger partial charge on any atom is 0.221 e. The lowest BCUT2D eigenvalue weighted by Gasteiger charge is -2.25. The summed E-state index contributed by atoms with van der Waals surface area (Å²) in [5.74, 6) is 0.555. The summed E-state index contributed by atoms with van der Waals surface area (Å²) in [7, 11) is 4.18. The van der Waals surface area contributed by atoms with Gasteiger partial charge in [-0.1, -0.05) is 13.8 Å². The molecule has 1 atom stereocenters. The fourth-order valence-corrected chi connectivity index (χ4v) is 2.69. The van der Waals surface area contributed by atoms with Crippen LogP contribution in [0.25, 0.3) is 0 Å². The second-order valence-corrected chi connectivity index (χ2v) is 6.43. The van der Waals surface area contributed by atoms with Crippen LogP contribution >= 0.6 is 11.3 Å². The number of nitrogens with zero attached hydrogens (tertiary/aromatic N) is 1. The van der Waals surface area contributed by atoms with Gasteiger partial charge in [0.05, 0.1) is 5.69 Å². The van der Waals surface area contributed by atoms with Gasteiger partial charge in [0.25, 0.3) is 0 Å². The zero-order valence-electron chi connectivity index (χ0n) is 12.5. The molecule has 19 heavy (non-hydrogen) atoms. The van der Waals surface area contributed by atoms with Crippen molar-refractivity contribution in [1.82, 2.24) is 10.2 Å². The number of rotatable bonds is 7. The van der Waals surface area contributed by atoms with Gasteiger partial charge in [-0.15, -0.1) is 11.3 Å². The number of amides is 1. The first-order valence-corrected chi connectivity index (χ1v) is 7.50. The summed E-state index contributed by atoms with van der Waals surface area (Å²) in [5.41, 5.74) is 0.928. The summed E-state index contributed by atoms with van der Waals surface area (Å²) in [6.07, 6.45) is 0. The van der Waals surface area contributed by atoms with Crippen molar-refractivity contribution in [3.63, 3.8) is 0 Å². The minimum absolute atomic E-state index is 0.0200. The number of nitrogens with one attached hydrogen (secondary N) is 2. The van der Waals surface area contributed by atoms with E-state index in [1.165, 1.54) is 11.8 Å². The van der Waals surface area contributed by atoms with Crippen LogP contribution in [0.4, 0.5) is 5.69 Å². The Kier molecular flexibility index (Phi) is 6.48. The van der Waals surface area contributed by atoms with Crippen molar-refractivity contribution in [1.29, 1.82) is 0 Å². The molecule has 5 heteroatoms. The molecule has 108 valence electrons. The van der Waals surface area contributed by atoms with E-state index in [0.717, 1.165) is 18.8 Å². The van der Waals surface area contributed by atoms with Gasteiger partial charge in [-0.3, -0.25) is 4.79 Å². The van der Waals surface area contributed by atoms with Crippen LogP contribution in [-0.4, -0.2) is 37.5 Å². The van der Waals surface area contributed by atoms with Gasteiger partial charge in [0.1, 0.15) is 0 Å². The Hall–Kier alpha value is -0.910. The molecule has 1 heterocycles. The van der Waals surface area contributed by atoms with Gasteiger partial charge in [-0.05, 0) is 31.5 Å². The average molecular weight is 283 g/mol. The summed E-state index contributed by atoms with van der Waals surface area (Å²) < 4.78 is 0. The normalized spacial score (nSPS) is 13.0. The monoisotopic (exact) mass is 283 g/mol. The molecule has 0 aliphatic heterocycles. The lowest BCUT2D eigenvalue weighted by molar-refractivity contribution is -0.114. The molecule has 0 fully saturated rings. The maximum atomic E-state index is 11.1. The highest BCUT2D eigenvalue weighted by Crippen LogP contribution is 2.22. The third kappa shape index (κ3) is 5.72. The molecule has 0 spiro atoms. The molecular weight excluding hydrogens is 258 g/mol. The summed E-state index contributed by atoms with van der Waals surface area (Å²) in [6.45, 7) is 7.80. The minimum Gasteiger partial charge on any atom is -0.325 e. The molecule has 1 unspecified atom stereocenters. The molecule has 2 N–H and O–H groups in total. The largest absolute Gasteiger partial charge is 0.325 e. The van der Waals surface area contributed by atoms with Crippen molar-refractivity contribution in [3.8, 4) is 0 Å². The van der Waals surface area contributed by atoms with Crippen LogP contribution in [0.5, 0.6) is 0 Å². The van der Waals surface area contributed by atoms with Crippen LogP contribution in [-0.2, 0) is 11.3 Å². The molecule has 0 saturated carbocycles. The van der Waals surface area contributed by atoms with Crippen molar-refractivity contribution in [2.24, 2.45) is 5.92 Å². The van der Waals surface area contributed by atoms with Crippen molar-refractivity contribution in [2.75, 3.05) is 26.0 Å². The zero-order chi connectivity index (χ0) is 14.4. The van der Waals surface area contributed by atoms with Crippen molar-refractivity contribution < 1.29 is 4.79 Å². The zero-order valence-corrected chi connectivity index (χ0v) is 13.3. The smallest absolute Gasteiger partial charge is 0.221 e. The first kappa shape index (κ1) is 16.1. The molecule has 4 nitrogen and oxygen atoms in total. The fourth-order valence-electron chi connectivity index (χ4n) is 1.91. The molecule has 0 saturated heterocycles. The highest BCUT2D eigenvalue weighted by atomic mass is 32.1. The molecule has 0 radical (unpaired) electrons. The summed E-state index contributed by atoms with van der Waals surface area (Å²) >= 11 is 1.67. The molecule has 1 aromatic heterocycles. The number of carbonyl (C=O) groups is 1. The highest BCUT2D eigenvalue weighted by Gasteiger charge is 2.15. The molecular formula is C14H25N3OS.